The molecule has 0 fully saturated rings. The van der Waals surface area contributed by atoms with Gasteiger partial charge >= 0.3 is 58.4 Å². The zero-order valence-electron chi connectivity index (χ0n) is 9.07. The summed E-state index contributed by atoms with van der Waals surface area (Å²) in [6, 6.07) is 1.43. The second-order valence-electron chi connectivity index (χ2n) is 3.17. The Morgan fingerprint density at radius 1 is 1.44 bits per heavy atom. The van der Waals surface area contributed by atoms with E-state index in [1.807, 2.05) is 0 Å². The molecule has 1 atom stereocenters. The van der Waals surface area contributed by atoms with E-state index in [-0.39, 0.29) is 57.4 Å². The molecule has 0 radical (unpaired) electrons. The van der Waals surface area contributed by atoms with Crippen molar-refractivity contribution < 1.29 is 69.4 Å². The number of pyridine rings is 1. The summed E-state index contributed by atoms with van der Waals surface area (Å²) < 4.78 is 35.9. The van der Waals surface area contributed by atoms with Crippen molar-refractivity contribution in [3.05, 3.63) is 35.6 Å². The van der Waals surface area contributed by atoms with Gasteiger partial charge in [0, 0.05) is 18.0 Å². The largest absolute Gasteiger partial charge is 1.00 e. The molecular formula is C9H10BF3KNO. The fourth-order valence-electron chi connectivity index (χ4n) is 1.13. The second-order valence-corrected chi connectivity index (χ2v) is 3.17. The molecule has 0 aliphatic carbocycles. The molecule has 0 amide bonds. The van der Waals surface area contributed by atoms with Gasteiger partial charge in [-0.25, -0.2) is 0 Å². The van der Waals surface area contributed by atoms with Crippen LogP contribution in [0.1, 0.15) is 24.2 Å². The molecule has 0 aliphatic rings. The maximum absolute atomic E-state index is 12.0. The van der Waals surface area contributed by atoms with Crippen molar-refractivity contribution in [2.24, 2.45) is 0 Å². The molecule has 1 N–H and O–H groups in total. The third kappa shape index (κ3) is 5.60. The summed E-state index contributed by atoms with van der Waals surface area (Å²) in [5.74, 6) is 0.196. The molecule has 0 spiro atoms. The van der Waals surface area contributed by atoms with Crippen LogP contribution in [0.25, 0.3) is 6.08 Å². The zero-order chi connectivity index (χ0) is 11.5. The quantitative estimate of drug-likeness (QED) is 0.741. The minimum Gasteiger partial charge on any atom is -0.445 e. The summed E-state index contributed by atoms with van der Waals surface area (Å²) in [5, 5.41) is 9.28. The summed E-state index contributed by atoms with van der Waals surface area (Å²) in [5.41, 5.74) is 0.716. The minimum absolute atomic E-state index is 0. The number of aliphatic hydroxyl groups excluding tert-OH is 1. The van der Waals surface area contributed by atoms with Gasteiger partial charge in [-0.1, -0.05) is 6.08 Å². The van der Waals surface area contributed by atoms with Gasteiger partial charge in [-0.15, -0.1) is 5.98 Å². The summed E-state index contributed by atoms with van der Waals surface area (Å²) in [7, 11) is 0. The Morgan fingerprint density at radius 3 is 2.56 bits per heavy atom. The number of rotatable bonds is 3. The van der Waals surface area contributed by atoms with E-state index in [1.54, 1.807) is 0 Å². The average molecular weight is 255 g/mol. The molecule has 1 unspecified atom stereocenters. The van der Waals surface area contributed by atoms with Crippen LogP contribution in [0.5, 0.6) is 0 Å². The van der Waals surface area contributed by atoms with Crippen LogP contribution in [0.3, 0.4) is 0 Å². The predicted octanol–water partition coefficient (Wildman–Crippen LogP) is -0.461. The second kappa shape index (κ2) is 6.93. The van der Waals surface area contributed by atoms with Crippen molar-refractivity contribution in [2.75, 3.05) is 0 Å². The van der Waals surface area contributed by atoms with Gasteiger partial charge < -0.3 is 18.1 Å². The first-order valence-electron chi connectivity index (χ1n) is 4.41. The summed E-state index contributed by atoms with van der Waals surface area (Å²) >= 11 is 0. The Bertz CT molecular complexity index is 368. The first-order valence-corrected chi connectivity index (χ1v) is 4.41. The van der Waals surface area contributed by atoms with Gasteiger partial charge in [0.1, 0.15) is 0 Å². The summed E-state index contributed by atoms with van der Waals surface area (Å²) in [6.45, 7) is -3.47. The fourth-order valence-corrected chi connectivity index (χ4v) is 1.13. The minimum atomic E-state index is -4.95. The van der Waals surface area contributed by atoms with Gasteiger partial charge in [0.15, 0.2) is 0 Å². The normalized spacial score (nSPS) is 13.6. The summed E-state index contributed by atoms with van der Waals surface area (Å²) in [6.07, 6.45) is 2.85. The van der Waals surface area contributed by atoms with Crippen molar-refractivity contribution in [2.45, 2.75) is 13.0 Å². The van der Waals surface area contributed by atoms with E-state index in [1.165, 1.54) is 25.4 Å². The first kappa shape index (κ1) is 16.3. The molecule has 1 aromatic rings. The molecule has 0 saturated heterocycles. The molecule has 0 saturated carbocycles. The van der Waals surface area contributed by atoms with Crippen LogP contribution in [-0.2, 0) is 0 Å². The predicted molar refractivity (Wildman–Crippen MR) is 53.0 cm³/mol. The summed E-state index contributed by atoms with van der Waals surface area (Å²) in [4.78, 5) is 3.74. The van der Waals surface area contributed by atoms with Gasteiger partial charge in [0.05, 0.1) is 6.10 Å². The molecular weight excluding hydrogens is 245 g/mol. The standard InChI is InChI=1S/C9H10BF3NO.K/c1-7(15)9-6-14-5-3-8(9)2-4-10(11,12)13;/h2-7,15H,1H3;/q-1;+1/b4-2+;. The third-order valence-electron chi connectivity index (χ3n) is 1.83. The van der Waals surface area contributed by atoms with Gasteiger partial charge in [0.25, 0.3) is 0 Å². The molecule has 16 heavy (non-hydrogen) atoms. The van der Waals surface area contributed by atoms with E-state index in [2.05, 4.69) is 4.98 Å². The van der Waals surface area contributed by atoms with Crippen LogP contribution in [0.2, 0.25) is 0 Å². The van der Waals surface area contributed by atoms with Gasteiger partial charge in [0.2, 0.25) is 0 Å². The number of halogens is 3. The molecule has 0 bridgehead atoms. The Kier molecular flexibility index (Phi) is 7.08. The van der Waals surface area contributed by atoms with E-state index in [0.29, 0.717) is 11.1 Å². The van der Waals surface area contributed by atoms with Crippen molar-refractivity contribution >= 4 is 13.1 Å². The maximum atomic E-state index is 12.0. The first-order chi connectivity index (χ1) is 6.90. The Hall–Kier alpha value is 0.341. The molecule has 2 nitrogen and oxygen atoms in total. The topological polar surface area (TPSA) is 33.1 Å². The zero-order valence-corrected chi connectivity index (χ0v) is 12.2. The molecule has 7 heteroatoms. The molecule has 1 aromatic heterocycles. The number of hydrogen-bond donors (Lipinski definition) is 1. The van der Waals surface area contributed by atoms with Crippen molar-refractivity contribution in [1.29, 1.82) is 0 Å². The monoisotopic (exact) mass is 255 g/mol. The van der Waals surface area contributed by atoms with Crippen LogP contribution < -0.4 is 51.4 Å². The van der Waals surface area contributed by atoms with E-state index in [0.717, 1.165) is 6.08 Å². The van der Waals surface area contributed by atoms with Crippen LogP contribution in [-0.4, -0.2) is 17.1 Å². The Labute approximate surface area is 134 Å². The van der Waals surface area contributed by atoms with Crippen LogP contribution in [0.15, 0.2) is 24.4 Å². The van der Waals surface area contributed by atoms with Crippen molar-refractivity contribution in [1.82, 2.24) is 4.98 Å². The van der Waals surface area contributed by atoms with Gasteiger partial charge in [-0.2, -0.15) is 0 Å². The molecule has 1 heterocycles. The van der Waals surface area contributed by atoms with E-state index in [4.69, 9.17) is 0 Å². The van der Waals surface area contributed by atoms with Crippen LogP contribution in [0, 0.1) is 0 Å². The number of aromatic nitrogens is 1. The van der Waals surface area contributed by atoms with E-state index < -0.39 is 13.1 Å². The SMILES string of the molecule is CC(O)c1cnccc1/C=C/[B-](F)(F)F.[K+]. The fraction of sp³-hybridized carbons (Fsp3) is 0.222. The average Bonchev–Trinajstić information content (AvgIpc) is 2.14. The molecule has 1 rings (SSSR count). The molecule has 82 valence electrons. The van der Waals surface area contributed by atoms with Crippen LogP contribution >= 0.6 is 0 Å². The maximum Gasteiger partial charge on any atom is 1.00 e. The van der Waals surface area contributed by atoms with E-state index in [9.17, 15) is 18.1 Å². The third-order valence-corrected chi connectivity index (χ3v) is 1.83. The Morgan fingerprint density at radius 2 is 2.06 bits per heavy atom. The smallest absolute Gasteiger partial charge is 0.445 e. The van der Waals surface area contributed by atoms with E-state index >= 15 is 0 Å². The van der Waals surface area contributed by atoms with Crippen molar-refractivity contribution in [3.63, 3.8) is 0 Å². The molecule has 0 aliphatic heterocycles. The Balaban J connectivity index is 0.00000225. The van der Waals surface area contributed by atoms with Crippen LogP contribution in [0.4, 0.5) is 12.9 Å². The number of hydrogen-bond acceptors (Lipinski definition) is 2. The number of nitrogens with zero attached hydrogens (tertiary/aromatic N) is 1. The van der Waals surface area contributed by atoms with Gasteiger partial charge in [-0.3, -0.25) is 4.98 Å². The van der Waals surface area contributed by atoms with Crippen molar-refractivity contribution in [3.8, 4) is 0 Å². The van der Waals surface area contributed by atoms with Gasteiger partial charge in [-0.05, 0) is 18.6 Å². The number of aliphatic hydroxyl groups is 1. The molecule has 0 aromatic carbocycles.